The van der Waals surface area contributed by atoms with E-state index in [4.69, 9.17) is 14.9 Å². The fourth-order valence-electron chi connectivity index (χ4n) is 3.02. The molecule has 1 amide bonds. The van der Waals surface area contributed by atoms with Crippen molar-refractivity contribution in [3.8, 4) is 0 Å². The number of esters is 2. The van der Waals surface area contributed by atoms with Gasteiger partial charge in [-0.05, 0) is 38.5 Å². The average molecular weight is 562 g/mol. The Morgan fingerprint density at radius 1 is 0.725 bits per heavy atom. The van der Waals surface area contributed by atoms with Gasteiger partial charge in [0, 0.05) is 12.0 Å². The van der Waals surface area contributed by atoms with Gasteiger partial charge in [-0.3, -0.25) is 14.4 Å². The number of aliphatic hydroxyl groups excluding tert-OH is 2. The van der Waals surface area contributed by atoms with Gasteiger partial charge in [0.05, 0.1) is 19.4 Å². The van der Waals surface area contributed by atoms with E-state index >= 15 is 0 Å². The van der Waals surface area contributed by atoms with E-state index in [1.54, 1.807) is 19.9 Å². The highest BCUT2D eigenvalue weighted by atomic mass is 16.7. The van der Waals surface area contributed by atoms with Crippen LogP contribution in [0.2, 0.25) is 0 Å². The molecule has 0 saturated carbocycles. The summed E-state index contributed by atoms with van der Waals surface area (Å²) in [4.78, 5) is 35.3. The molecule has 0 fully saturated rings. The number of carbonyl (C=O) groups is 3. The maximum atomic E-state index is 12.1. The van der Waals surface area contributed by atoms with Gasteiger partial charge in [0.1, 0.15) is 6.10 Å². The number of ether oxygens (including phenoxy) is 2. The van der Waals surface area contributed by atoms with Crippen molar-refractivity contribution >= 4 is 17.8 Å². The third kappa shape index (κ3) is 21.6. The summed E-state index contributed by atoms with van der Waals surface area (Å²) in [5.74, 6) is -2.16. The minimum atomic E-state index is -2.23. The van der Waals surface area contributed by atoms with Crippen LogP contribution in [0.4, 0.5) is 0 Å². The second kappa shape index (κ2) is 23.6. The SMILES string of the molecule is CCC=CCC=CCC=CCC=CCC=CCC=CCC(=O)OCC(C)(C)C(O)C(=O)NCCC(=O)OC(O)O. The van der Waals surface area contributed by atoms with Crippen molar-refractivity contribution in [2.45, 2.75) is 84.7 Å². The highest BCUT2D eigenvalue weighted by molar-refractivity contribution is 5.82. The molecule has 0 aliphatic rings. The van der Waals surface area contributed by atoms with Gasteiger partial charge in [-0.25, -0.2) is 0 Å². The molecule has 0 aliphatic carbocycles. The lowest BCUT2D eigenvalue weighted by Crippen LogP contribution is -2.46. The zero-order valence-electron chi connectivity index (χ0n) is 24.0. The van der Waals surface area contributed by atoms with E-state index in [9.17, 15) is 19.5 Å². The van der Waals surface area contributed by atoms with Gasteiger partial charge in [0.2, 0.25) is 5.91 Å². The average Bonchev–Trinajstić information content (AvgIpc) is 2.90. The van der Waals surface area contributed by atoms with E-state index in [0.717, 1.165) is 32.1 Å². The minimum Gasteiger partial charge on any atom is -0.465 e. The monoisotopic (exact) mass is 561 g/mol. The zero-order chi connectivity index (χ0) is 30.1. The van der Waals surface area contributed by atoms with E-state index in [1.165, 1.54) is 0 Å². The Labute approximate surface area is 238 Å². The molecule has 0 aromatic rings. The summed E-state index contributed by atoms with van der Waals surface area (Å²) >= 11 is 0. The van der Waals surface area contributed by atoms with Gasteiger partial charge >= 0.3 is 18.4 Å². The zero-order valence-corrected chi connectivity index (χ0v) is 24.0. The molecular formula is C31H47NO8. The van der Waals surface area contributed by atoms with Gasteiger partial charge in [-0.15, -0.1) is 0 Å². The molecule has 1 unspecified atom stereocenters. The van der Waals surface area contributed by atoms with Gasteiger partial charge < -0.3 is 30.1 Å². The third-order valence-corrected chi connectivity index (χ3v) is 5.34. The number of carbonyl (C=O) groups excluding carboxylic acids is 3. The van der Waals surface area contributed by atoms with Gasteiger partial charge in [-0.1, -0.05) is 93.7 Å². The summed E-state index contributed by atoms with van der Waals surface area (Å²) in [6.07, 6.45) is 28.6. The van der Waals surface area contributed by atoms with Crippen LogP contribution in [0, 0.1) is 5.41 Å². The van der Waals surface area contributed by atoms with E-state index in [2.05, 4.69) is 71.7 Å². The summed E-state index contributed by atoms with van der Waals surface area (Å²) in [5, 5.41) is 29.7. The van der Waals surface area contributed by atoms with Crippen molar-refractivity contribution in [2.75, 3.05) is 13.2 Å². The fraction of sp³-hybridized carbons (Fsp3) is 0.516. The Hall–Kier alpha value is -3.27. The second-order valence-electron chi connectivity index (χ2n) is 9.53. The summed E-state index contributed by atoms with van der Waals surface area (Å²) in [6.45, 7) is 2.69. The maximum Gasteiger partial charge on any atom is 0.313 e. The summed E-state index contributed by atoms with van der Waals surface area (Å²) < 4.78 is 9.31. The lowest BCUT2D eigenvalue weighted by molar-refractivity contribution is -0.229. The van der Waals surface area contributed by atoms with Crippen LogP contribution in [-0.4, -0.2) is 58.9 Å². The molecule has 1 atom stereocenters. The molecule has 9 heteroatoms. The number of aliphatic hydroxyl groups is 3. The first-order valence-electron chi connectivity index (χ1n) is 13.7. The first-order valence-corrected chi connectivity index (χ1v) is 13.7. The van der Waals surface area contributed by atoms with Gasteiger partial charge in [0.25, 0.3) is 0 Å². The Kier molecular flexibility index (Phi) is 21.7. The van der Waals surface area contributed by atoms with Crippen LogP contribution in [0.15, 0.2) is 72.9 Å². The standard InChI is InChI=1S/C31H47NO8/c1-4-5-6-7-8-9-10-11-12-13-14-15-16-17-18-19-20-21-22-26(33)39-25-31(2,3)28(35)29(36)32-24-23-27(34)40-30(37)38/h5-6,8-9,11-12,14-15,17-18,20-21,28,30,35,37-38H,4,7,10,13,16,19,22-25H2,1-3H3,(H,32,36). The molecule has 0 aliphatic heterocycles. The number of hydrogen-bond donors (Lipinski definition) is 4. The topological polar surface area (TPSA) is 142 Å². The molecule has 0 rings (SSSR count). The predicted octanol–water partition coefficient (Wildman–Crippen LogP) is 4.32. The predicted molar refractivity (Wildman–Crippen MR) is 156 cm³/mol. The van der Waals surface area contributed by atoms with E-state index < -0.39 is 35.8 Å². The highest BCUT2D eigenvalue weighted by Crippen LogP contribution is 2.21. The number of hydrogen-bond acceptors (Lipinski definition) is 8. The molecule has 9 nitrogen and oxygen atoms in total. The van der Waals surface area contributed by atoms with Crippen LogP contribution < -0.4 is 5.32 Å². The Balaban J connectivity index is 4.05. The molecule has 0 heterocycles. The summed E-state index contributed by atoms with van der Waals surface area (Å²) in [5.41, 5.74) is -1.07. The molecule has 0 bridgehead atoms. The highest BCUT2D eigenvalue weighted by Gasteiger charge is 2.34. The Morgan fingerprint density at radius 2 is 1.18 bits per heavy atom. The van der Waals surface area contributed by atoms with E-state index in [0.29, 0.717) is 6.42 Å². The quantitative estimate of drug-likeness (QED) is 0.0922. The lowest BCUT2D eigenvalue weighted by Gasteiger charge is -2.28. The normalized spacial score (nSPS) is 13.6. The minimum absolute atomic E-state index is 0.0713. The molecule has 0 aromatic carbocycles. The summed E-state index contributed by atoms with van der Waals surface area (Å²) in [6, 6.07) is 0. The molecule has 40 heavy (non-hydrogen) atoms. The second-order valence-corrected chi connectivity index (χ2v) is 9.53. The molecule has 0 aromatic heterocycles. The van der Waals surface area contributed by atoms with Crippen molar-refractivity contribution in [3.05, 3.63) is 72.9 Å². The number of rotatable bonds is 21. The van der Waals surface area contributed by atoms with E-state index in [-0.39, 0.29) is 26.0 Å². The lowest BCUT2D eigenvalue weighted by atomic mass is 9.87. The van der Waals surface area contributed by atoms with Crippen LogP contribution >= 0.6 is 0 Å². The van der Waals surface area contributed by atoms with Crippen LogP contribution in [0.3, 0.4) is 0 Å². The summed E-state index contributed by atoms with van der Waals surface area (Å²) in [7, 11) is 0. The third-order valence-electron chi connectivity index (χ3n) is 5.34. The largest absolute Gasteiger partial charge is 0.465 e. The Bertz CT molecular complexity index is 897. The first kappa shape index (κ1) is 36.7. The number of amides is 1. The molecule has 0 radical (unpaired) electrons. The van der Waals surface area contributed by atoms with Crippen molar-refractivity contribution in [1.82, 2.24) is 5.32 Å². The van der Waals surface area contributed by atoms with Crippen LogP contribution in [-0.2, 0) is 23.9 Å². The van der Waals surface area contributed by atoms with Crippen molar-refractivity contribution in [1.29, 1.82) is 0 Å². The molecule has 0 saturated heterocycles. The molecule has 4 N–H and O–H groups in total. The molecular weight excluding hydrogens is 514 g/mol. The van der Waals surface area contributed by atoms with E-state index in [1.807, 2.05) is 12.2 Å². The van der Waals surface area contributed by atoms with Crippen LogP contribution in [0.25, 0.3) is 0 Å². The van der Waals surface area contributed by atoms with Gasteiger partial charge in [-0.2, -0.15) is 0 Å². The number of allylic oxidation sites excluding steroid dienone is 11. The molecule has 0 spiro atoms. The number of nitrogens with one attached hydrogen (secondary N) is 1. The first-order chi connectivity index (χ1) is 19.1. The molecule has 224 valence electrons. The van der Waals surface area contributed by atoms with Crippen molar-refractivity contribution in [3.63, 3.8) is 0 Å². The van der Waals surface area contributed by atoms with Crippen LogP contribution in [0.5, 0.6) is 0 Å². The van der Waals surface area contributed by atoms with Crippen molar-refractivity contribution < 1.29 is 39.2 Å². The smallest absolute Gasteiger partial charge is 0.313 e. The maximum absolute atomic E-state index is 12.1. The van der Waals surface area contributed by atoms with Gasteiger partial charge in [0.15, 0.2) is 0 Å². The van der Waals surface area contributed by atoms with Crippen molar-refractivity contribution in [2.24, 2.45) is 5.41 Å². The fourth-order valence-corrected chi connectivity index (χ4v) is 3.02. The Morgan fingerprint density at radius 3 is 1.62 bits per heavy atom. The van der Waals surface area contributed by atoms with Crippen LogP contribution in [0.1, 0.15) is 72.1 Å².